The largest absolute Gasteiger partial charge is 0.484 e. The fourth-order valence-electron chi connectivity index (χ4n) is 3.22. The van der Waals surface area contributed by atoms with Crippen LogP contribution in [-0.4, -0.2) is 43.0 Å². The Morgan fingerprint density at radius 2 is 1.85 bits per heavy atom. The summed E-state index contributed by atoms with van der Waals surface area (Å²) in [6.07, 6.45) is 0.994. The molecule has 27 heavy (non-hydrogen) atoms. The maximum atomic E-state index is 12.8. The molecule has 3 rings (SSSR count). The van der Waals surface area contributed by atoms with E-state index in [1.807, 2.05) is 4.90 Å². The van der Waals surface area contributed by atoms with Gasteiger partial charge in [0, 0.05) is 25.2 Å². The Balaban J connectivity index is 1.64. The highest BCUT2D eigenvalue weighted by Crippen LogP contribution is 2.23. The van der Waals surface area contributed by atoms with Gasteiger partial charge in [-0.05, 0) is 41.8 Å². The van der Waals surface area contributed by atoms with Crippen LogP contribution in [0.2, 0.25) is 0 Å². The van der Waals surface area contributed by atoms with Crippen LogP contribution in [-0.2, 0) is 11.2 Å². The van der Waals surface area contributed by atoms with Gasteiger partial charge < -0.3 is 20.7 Å². The summed E-state index contributed by atoms with van der Waals surface area (Å²) in [4.78, 5) is 25.7. The van der Waals surface area contributed by atoms with Crippen molar-refractivity contribution in [1.82, 2.24) is 10.2 Å². The second-order valence-corrected chi connectivity index (χ2v) is 6.58. The number of ether oxygens (including phenoxy) is 1. The van der Waals surface area contributed by atoms with Gasteiger partial charge in [0.05, 0.1) is 6.04 Å². The molecule has 0 radical (unpaired) electrons. The highest BCUT2D eigenvalue weighted by Gasteiger charge is 2.28. The third-order valence-corrected chi connectivity index (χ3v) is 4.84. The molecule has 2 aromatic rings. The molecular weight excluding hydrogens is 342 g/mol. The molecule has 0 bridgehead atoms. The molecule has 1 atom stereocenters. The fourth-order valence-corrected chi connectivity index (χ4v) is 3.22. The van der Waals surface area contributed by atoms with Gasteiger partial charge in [0.15, 0.2) is 6.61 Å². The normalized spacial score (nSPS) is 16.8. The molecule has 6 nitrogen and oxygen atoms in total. The van der Waals surface area contributed by atoms with Crippen molar-refractivity contribution < 1.29 is 14.3 Å². The zero-order valence-corrected chi connectivity index (χ0v) is 15.5. The summed E-state index contributed by atoms with van der Waals surface area (Å²) in [6.45, 7) is 4.22. The van der Waals surface area contributed by atoms with Gasteiger partial charge in [0.25, 0.3) is 5.91 Å². The smallest absolute Gasteiger partial charge is 0.261 e. The molecule has 1 unspecified atom stereocenters. The molecule has 1 saturated heterocycles. The number of nitrogens with two attached hydrogens (primary N) is 1. The molecule has 2 amide bonds. The highest BCUT2D eigenvalue weighted by molar-refractivity contribution is 5.92. The number of rotatable bonds is 6. The summed E-state index contributed by atoms with van der Waals surface area (Å²) in [5.41, 5.74) is 8.04. The van der Waals surface area contributed by atoms with E-state index in [1.54, 1.807) is 24.3 Å². The van der Waals surface area contributed by atoms with Crippen molar-refractivity contribution in [3.63, 3.8) is 0 Å². The number of carbonyl (C=O) groups is 2. The Morgan fingerprint density at radius 1 is 1.15 bits per heavy atom. The molecule has 2 aromatic carbocycles. The van der Waals surface area contributed by atoms with Crippen LogP contribution in [0.5, 0.6) is 5.75 Å². The second-order valence-electron chi connectivity index (χ2n) is 6.58. The Labute approximate surface area is 159 Å². The monoisotopic (exact) mass is 367 g/mol. The predicted octanol–water partition coefficient (Wildman–Crippen LogP) is 1.90. The minimum Gasteiger partial charge on any atom is -0.484 e. The van der Waals surface area contributed by atoms with Gasteiger partial charge in [-0.2, -0.15) is 0 Å². The zero-order chi connectivity index (χ0) is 19.2. The maximum Gasteiger partial charge on any atom is 0.261 e. The molecule has 6 heteroatoms. The third kappa shape index (κ3) is 4.65. The quantitative estimate of drug-likeness (QED) is 0.817. The lowest BCUT2D eigenvalue weighted by molar-refractivity contribution is -0.136. The van der Waals surface area contributed by atoms with E-state index in [0.29, 0.717) is 17.9 Å². The van der Waals surface area contributed by atoms with Gasteiger partial charge in [-0.3, -0.25) is 9.59 Å². The molecule has 0 saturated carbocycles. The van der Waals surface area contributed by atoms with E-state index in [4.69, 9.17) is 10.5 Å². The number of aryl methyl sites for hydroxylation is 1. The van der Waals surface area contributed by atoms with Crippen molar-refractivity contribution in [2.45, 2.75) is 19.4 Å². The predicted molar refractivity (Wildman–Crippen MR) is 104 cm³/mol. The van der Waals surface area contributed by atoms with Crippen LogP contribution in [0.15, 0.2) is 48.5 Å². The Kier molecular flexibility index (Phi) is 6.08. The minimum atomic E-state index is -0.490. The lowest BCUT2D eigenvalue weighted by atomic mass is 10.0. The number of hydrogen-bond acceptors (Lipinski definition) is 4. The van der Waals surface area contributed by atoms with E-state index in [-0.39, 0.29) is 18.6 Å². The van der Waals surface area contributed by atoms with Gasteiger partial charge in [-0.25, -0.2) is 0 Å². The maximum absolute atomic E-state index is 12.8. The standard InChI is InChI=1S/C21H25N3O3/c1-2-15-3-5-16(6-4-15)19-13-23-11-12-24(19)20(25)14-27-18-9-7-17(8-10-18)21(22)26/h3-10,19,23H,2,11-14H2,1H3,(H2,22,26). The Morgan fingerprint density at radius 3 is 2.48 bits per heavy atom. The van der Waals surface area contributed by atoms with Crippen molar-refractivity contribution in [3.8, 4) is 5.75 Å². The number of benzene rings is 2. The van der Waals surface area contributed by atoms with Crippen molar-refractivity contribution in [1.29, 1.82) is 0 Å². The van der Waals surface area contributed by atoms with Gasteiger partial charge in [-0.1, -0.05) is 31.2 Å². The average Bonchev–Trinajstić information content (AvgIpc) is 2.72. The second kappa shape index (κ2) is 8.68. The van der Waals surface area contributed by atoms with Gasteiger partial charge >= 0.3 is 0 Å². The van der Waals surface area contributed by atoms with Crippen LogP contribution in [0.3, 0.4) is 0 Å². The average molecular weight is 367 g/mol. The van der Waals surface area contributed by atoms with Crippen LogP contribution in [0.25, 0.3) is 0 Å². The molecule has 0 aromatic heterocycles. The fraction of sp³-hybridized carbons (Fsp3) is 0.333. The number of hydrogen-bond donors (Lipinski definition) is 2. The Bertz CT molecular complexity index is 787. The number of carbonyl (C=O) groups excluding carboxylic acids is 2. The molecule has 1 aliphatic rings. The number of nitrogens with zero attached hydrogens (tertiary/aromatic N) is 1. The van der Waals surface area contributed by atoms with Gasteiger partial charge in [0.1, 0.15) is 5.75 Å². The zero-order valence-electron chi connectivity index (χ0n) is 15.5. The van der Waals surface area contributed by atoms with E-state index >= 15 is 0 Å². The third-order valence-electron chi connectivity index (χ3n) is 4.84. The summed E-state index contributed by atoms with van der Waals surface area (Å²) in [5.74, 6) is -0.0113. The number of amides is 2. The lowest BCUT2D eigenvalue weighted by Crippen LogP contribution is -2.50. The molecule has 1 aliphatic heterocycles. The molecular formula is C21H25N3O3. The van der Waals surface area contributed by atoms with Crippen LogP contribution in [0.1, 0.15) is 34.5 Å². The molecule has 1 heterocycles. The van der Waals surface area contributed by atoms with E-state index < -0.39 is 5.91 Å². The van der Waals surface area contributed by atoms with Gasteiger partial charge in [0.2, 0.25) is 5.91 Å². The molecule has 1 fully saturated rings. The van der Waals surface area contributed by atoms with Gasteiger partial charge in [-0.15, -0.1) is 0 Å². The first-order chi connectivity index (χ1) is 13.1. The van der Waals surface area contributed by atoms with Crippen molar-refractivity contribution >= 4 is 11.8 Å². The van der Waals surface area contributed by atoms with Crippen LogP contribution >= 0.6 is 0 Å². The summed E-state index contributed by atoms with van der Waals surface area (Å²) in [6, 6.07) is 14.9. The van der Waals surface area contributed by atoms with Crippen molar-refractivity contribution in [2.24, 2.45) is 5.73 Å². The molecule has 142 valence electrons. The minimum absolute atomic E-state index is 0.00186. The summed E-state index contributed by atoms with van der Waals surface area (Å²) in [7, 11) is 0. The first-order valence-corrected chi connectivity index (χ1v) is 9.20. The number of primary amides is 1. The topological polar surface area (TPSA) is 84.7 Å². The number of nitrogens with one attached hydrogen (secondary N) is 1. The summed E-state index contributed by atoms with van der Waals surface area (Å²) < 4.78 is 5.61. The molecule has 0 spiro atoms. The molecule has 0 aliphatic carbocycles. The van der Waals surface area contributed by atoms with Crippen LogP contribution in [0, 0.1) is 0 Å². The highest BCUT2D eigenvalue weighted by atomic mass is 16.5. The van der Waals surface area contributed by atoms with E-state index in [2.05, 4.69) is 36.5 Å². The van der Waals surface area contributed by atoms with Crippen molar-refractivity contribution in [2.75, 3.05) is 26.2 Å². The SMILES string of the molecule is CCc1ccc(C2CNCCN2C(=O)COc2ccc(C(N)=O)cc2)cc1. The number of piperazine rings is 1. The van der Waals surface area contributed by atoms with Crippen LogP contribution < -0.4 is 15.8 Å². The van der Waals surface area contributed by atoms with Crippen LogP contribution in [0.4, 0.5) is 0 Å². The van der Waals surface area contributed by atoms with E-state index in [9.17, 15) is 9.59 Å². The van der Waals surface area contributed by atoms with Crippen molar-refractivity contribution in [3.05, 3.63) is 65.2 Å². The van der Waals surface area contributed by atoms with E-state index in [1.165, 1.54) is 5.56 Å². The summed E-state index contributed by atoms with van der Waals surface area (Å²) in [5, 5.41) is 3.36. The lowest BCUT2D eigenvalue weighted by Gasteiger charge is -2.36. The molecule has 3 N–H and O–H groups in total. The first kappa shape index (κ1) is 18.9. The Hall–Kier alpha value is -2.86. The summed E-state index contributed by atoms with van der Waals surface area (Å²) >= 11 is 0. The van der Waals surface area contributed by atoms with E-state index in [0.717, 1.165) is 25.1 Å². The first-order valence-electron chi connectivity index (χ1n) is 9.20.